The van der Waals surface area contributed by atoms with Crippen molar-refractivity contribution in [1.29, 1.82) is 0 Å². The van der Waals surface area contributed by atoms with E-state index in [0.717, 1.165) is 4.31 Å². The normalized spacial score (nSPS) is 11.3. The Morgan fingerprint density at radius 1 is 1.00 bits per heavy atom. The lowest BCUT2D eigenvalue weighted by Crippen LogP contribution is -2.38. The van der Waals surface area contributed by atoms with E-state index in [1.165, 1.54) is 43.5 Å². The van der Waals surface area contributed by atoms with Crippen molar-refractivity contribution < 1.29 is 22.7 Å². The molecule has 3 rings (SSSR count). The Morgan fingerprint density at radius 3 is 2.32 bits per heavy atom. The summed E-state index contributed by atoms with van der Waals surface area (Å²) < 4.78 is 32.2. The number of ketones is 1. The molecule has 0 atom stereocenters. The average molecular weight is 521 g/mol. The Labute approximate surface area is 208 Å². The summed E-state index contributed by atoms with van der Waals surface area (Å²) in [5, 5.41) is 3.09. The second kappa shape index (κ2) is 11.0. The fourth-order valence-corrected chi connectivity index (χ4v) is 5.16. The molecule has 1 N–H and O–H groups in total. The zero-order valence-corrected chi connectivity index (χ0v) is 20.7. The van der Waals surface area contributed by atoms with Crippen LogP contribution in [-0.4, -0.2) is 44.6 Å². The van der Waals surface area contributed by atoms with Gasteiger partial charge in [0.1, 0.15) is 5.75 Å². The number of likely N-dealkylation sites (N-methyl/N-ethyl adjacent to an activating group) is 1. The maximum atomic E-state index is 13.1. The number of benzene rings is 3. The van der Waals surface area contributed by atoms with E-state index >= 15 is 0 Å². The van der Waals surface area contributed by atoms with Crippen molar-refractivity contribution in [1.82, 2.24) is 4.31 Å². The van der Waals surface area contributed by atoms with Crippen molar-refractivity contribution in [2.24, 2.45) is 0 Å². The summed E-state index contributed by atoms with van der Waals surface area (Å²) in [4.78, 5) is 25.7. The molecule has 0 spiro atoms. The van der Waals surface area contributed by atoms with E-state index < -0.39 is 22.5 Å². The van der Waals surface area contributed by atoms with Gasteiger partial charge in [-0.1, -0.05) is 60.5 Å². The van der Waals surface area contributed by atoms with Crippen LogP contribution in [0.5, 0.6) is 5.75 Å². The standard InChI is InChI=1S/C24H22Cl2N2O5S/c1-3-28(34(31,32)18-10-12-22(33-2)20(26)14-18)15-23(29)27-21-11-9-17(25)13-19(21)24(30)16-7-5-4-6-8-16/h4-14H,3,15H2,1-2H3,(H,27,29). The molecule has 0 fully saturated rings. The largest absolute Gasteiger partial charge is 0.495 e. The Bertz CT molecular complexity index is 1310. The van der Waals surface area contributed by atoms with Gasteiger partial charge in [-0.25, -0.2) is 8.42 Å². The minimum Gasteiger partial charge on any atom is -0.495 e. The summed E-state index contributed by atoms with van der Waals surface area (Å²) >= 11 is 12.2. The average Bonchev–Trinajstić information content (AvgIpc) is 2.83. The first-order chi connectivity index (χ1) is 16.2. The van der Waals surface area contributed by atoms with Gasteiger partial charge in [-0.3, -0.25) is 9.59 Å². The molecule has 0 radical (unpaired) electrons. The molecule has 3 aromatic rings. The lowest BCUT2D eigenvalue weighted by atomic mass is 10.0. The highest BCUT2D eigenvalue weighted by atomic mass is 35.5. The van der Waals surface area contributed by atoms with Crippen molar-refractivity contribution in [2.75, 3.05) is 25.5 Å². The Morgan fingerprint density at radius 2 is 1.71 bits per heavy atom. The molecule has 1 amide bonds. The van der Waals surface area contributed by atoms with Crippen molar-refractivity contribution >= 4 is 50.6 Å². The number of hydrogen-bond acceptors (Lipinski definition) is 5. The van der Waals surface area contributed by atoms with Gasteiger partial charge in [0.05, 0.1) is 29.3 Å². The molecule has 0 saturated heterocycles. The van der Waals surface area contributed by atoms with E-state index in [2.05, 4.69) is 5.32 Å². The SMILES string of the molecule is CCN(CC(=O)Nc1ccc(Cl)cc1C(=O)c1ccccc1)S(=O)(=O)c1ccc(OC)c(Cl)c1. The van der Waals surface area contributed by atoms with E-state index in [-0.39, 0.29) is 33.5 Å². The number of methoxy groups -OCH3 is 1. The van der Waals surface area contributed by atoms with Crippen LogP contribution in [0.15, 0.2) is 71.6 Å². The zero-order chi connectivity index (χ0) is 24.9. The minimum atomic E-state index is -4.02. The number of ether oxygens (including phenoxy) is 1. The van der Waals surface area contributed by atoms with Crippen LogP contribution in [0.1, 0.15) is 22.8 Å². The maximum Gasteiger partial charge on any atom is 0.243 e. The van der Waals surface area contributed by atoms with Gasteiger partial charge in [-0.15, -0.1) is 0 Å². The van der Waals surface area contributed by atoms with Gasteiger partial charge in [0.15, 0.2) is 5.78 Å². The lowest BCUT2D eigenvalue weighted by Gasteiger charge is -2.21. The number of carbonyl (C=O) groups excluding carboxylic acids is 2. The van der Waals surface area contributed by atoms with Gasteiger partial charge in [0, 0.05) is 22.7 Å². The third-order valence-corrected chi connectivity index (χ3v) is 7.42. The van der Waals surface area contributed by atoms with Crippen LogP contribution >= 0.6 is 23.2 Å². The molecule has 0 aliphatic carbocycles. The van der Waals surface area contributed by atoms with Gasteiger partial charge >= 0.3 is 0 Å². The molecule has 0 aliphatic rings. The number of nitrogens with zero attached hydrogens (tertiary/aromatic N) is 1. The first kappa shape index (κ1) is 25.7. The molecule has 0 aliphatic heterocycles. The zero-order valence-electron chi connectivity index (χ0n) is 18.4. The molecule has 0 unspecified atom stereocenters. The van der Waals surface area contributed by atoms with E-state index in [1.807, 2.05) is 0 Å². The number of nitrogens with one attached hydrogen (secondary N) is 1. The van der Waals surface area contributed by atoms with Gasteiger partial charge in [0.2, 0.25) is 15.9 Å². The monoisotopic (exact) mass is 520 g/mol. The number of halogens is 2. The molecule has 0 heterocycles. The predicted octanol–water partition coefficient (Wildman–Crippen LogP) is 4.88. The van der Waals surface area contributed by atoms with Crippen LogP contribution in [0, 0.1) is 0 Å². The highest BCUT2D eigenvalue weighted by Crippen LogP contribution is 2.29. The molecule has 0 bridgehead atoms. The molecule has 7 nitrogen and oxygen atoms in total. The van der Waals surface area contributed by atoms with Crippen LogP contribution in [-0.2, 0) is 14.8 Å². The lowest BCUT2D eigenvalue weighted by molar-refractivity contribution is -0.116. The second-order valence-corrected chi connectivity index (χ2v) is 9.94. The third-order valence-electron chi connectivity index (χ3n) is 4.97. The molecule has 3 aromatic carbocycles. The second-order valence-electron chi connectivity index (χ2n) is 7.16. The highest BCUT2D eigenvalue weighted by Gasteiger charge is 2.27. The van der Waals surface area contributed by atoms with Gasteiger partial charge in [-0.2, -0.15) is 4.31 Å². The number of sulfonamides is 1. The van der Waals surface area contributed by atoms with Gasteiger partial charge in [0.25, 0.3) is 0 Å². The fraction of sp³-hybridized carbons (Fsp3) is 0.167. The fourth-order valence-electron chi connectivity index (χ4n) is 3.23. The van der Waals surface area contributed by atoms with Crippen LogP contribution < -0.4 is 10.1 Å². The van der Waals surface area contributed by atoms with E-state index in [4.69, 9.17) is 27.9 Å². The van der Waals surface area contributed by atoms with Crippen LogP contribution in [0.2, 0.25) is 10.0 Å². The Hall–Kier alpha value is -2.91. The highest BCUT2D eigenvalue weighted by molar-refractivity contribution is 7.89. The summed E-state index contributed by atoms with van der Waals surface area (Å²) in [6, 6.07) is 17.1. The summed E-state index contributed by atoms with van der Waals surface area (Å²) in [5.74, 6) is -0.611. The molecule has 0 saturated carbocycles. The van der Waals surface area contributed by atoms with Crippen LogP contribution in [0.25, 0.3) is 0 Å². The maximum absolute atomic E-state index is 13.1. The topological polar surface area (TPSA) is 92.8 Å². The van der Waals surface area contributed by atoms with Crippen molar-refractivity contribution in [3.8, 4) is 5.75 Å². The smallest absolute Gasteiger partial charge is 0.243 e. The number of amides is 1. The van der Waals surface area contributed by atoms with Crippen molar-refractivity contribution in [3.63, 3.8) is 0 Å². The van der Waals surface area contributed by atoms with Crippen molar-refractivity contribution in [2.45, 2.75) is 11.8 Å². The summed E-state index contributed by atoms with van der Waals surface area (Å²) in [6.45, 7) is 1.18. The molecule has 10 heteroatoms. The number of rotatable bonds is 9. The number of anilines is 1. The van der Waals surface area contributed by atoms with E-state index in [0.29, 0.717) is 16.3 Å². The van der Waals surface area contributed by atoms with Gasteiger partial charge < -0.3 is 10.1 Å². The Kier molecular flexibility index (Phi) is 8.33. The summed E-state index contributed by atoms with van der Waals surface area (Å²) in [7, 11) is -2.60. The van der Waals surface area contributed by atoms with E-state index in [1.54, 1.807) is 37.3 Å². The molecule has 178 valence electrons. The summed E-state index contributed by atoms with van der Waals surface area (Å²) in [6.07, 6.45) is 0. The van der Waals surface area contributed by atoms with Crippen LogP contribution in [0.3, 0.4) is 0 Å². The van der Waals surface area contributed by atoms with Crippen LogP contribution in [0.4, 0.5) is 5.69 Å². The molecular weight excluding hydrogens is 499 g/mol. The number of carbonyl (C=O) groups is 2. The summed E-state index contributed by atoms with van der Waals surface area (Å²) in [5.41, 5.74) is 0.846. The number of hydrogen-bond donors (Lipinski definition) is 1. The molecular formula is C24H22Cl2N2O5S. The molecule has 0 aromatic heterocycles. The quantitative estimate of drug-likeness (QED) is 0.405. The first-order valence-electron chi connectivity index (χ1n) is 10.2. The predicted molar refractivity (Wildman–Crippen MR) is 132 cm³/mol. The van der Waals surface area contributed by atoms with Crippen molar-refractivity contribution in [3.05, 3.63) is 87.9 Å². The van der Waals surface area contributed by atoms with Gasteiger partial charge in [-0.05, 0) is 36.4 Å². The Balaban J connectivity index is 1.83. The molecule has 34 heavy (non-hydrogen) atoms. The minimum absolute atomic E-state index is 0.0375. The first-order valence-corrected chi connectivity index (χ1v) is 12.4. The third kappa shape index (κ3) is 5.77. The van der Waals surface area contributed by atoms with E-state index in [9.17, 15) is 18.0 Å².